The van der Waals surface area contributed by atoms with Gasteiger partial charge in [-0.25, -0.2) is 5.32 Å². The molecule has 0 aliphatic carbocycles. The maximum absolute atomic E-state index is 11.8. The summed E-state index contributed by atoms with van der Waals surface area (Å²) in [6, 6.07) is 0. The van der Waals surface area contributed by atoms with Crippen molar-refractivity contribution in [3.05, 3.63) is 0 Å². The summed E-state index contributed by atoms with van der Waals surface area (Å²) >= 11 is 6.79. The second-order valence-electron chi connectivity index (χ2n) is 4.55. The summed E-state index contributed by atoms with van der Waals surface area (Å²) in [5, 5.41) is 4.64. The third-order valence-corrected chi connectivity index (χ3v) is 5.46. The van der Waals surface area contributed by atoms with Gasteiger partial charge >= 0.3 is 0 Å². The first-order valence-corrected chi connectivity index (χ1v) is 6.07. The van der Waals surface area contributed by atoms with E-state index in [1.807, 2.05) is 27.7 Å². The molecule has 2 atom stereocenters. The maximum atomic E-state index is 11.8. The Balaban J connectivity index is 3.00. The largest absolute Gasteiger partial charge is 0.297 e. The van der Waals surface area contributed by atoms with E-state index < -0.39 is 0 Å². The van der Waals surface area contributed by atoms with E-state index in [0.717, 1.165) is 0 Å². The van der Waals surface area contributed by atoms with Crippen LogP contribution in [0, 0.1) is 0 Å². The first kappa shape index (κ1) is 11.7. The first-order chi connectivity index (χ1) is 5.68. The number of Topliss-reactive ketones (excluding diaryl/α,β-unsaturated/α-hetero) is 1. The topological polar surface area (TPSA) is 31.2 Å². The molecular formula is C9H14Br2NO. The van der Waals surface area contributed by atoms with E-state index in [1.54, 1.807) is 0 Å². The van der Waals surface area contributed by atoms with Crippen LogP contribution in [0.2, 0.25) is 0 Å². The zero-order chi connectivity index (χ0) is 10.4. The van der Waals surface area contributed by atoms with Gasteiger partial charge in [-0.3, -0.25) is 4.79 Å². The van der Waals surface area contributed by atoms with Gasteiger partial charge in [-0.2, -0.15) is 0 Å². The minimum absolute atomic E-state index is 0.183. The van der Waals surface area contributed by atoms with Crippen LogP contribution in [0.25, 0.3) is 0 Å². The van der Waals surface area contributed by atoms with Crippen LogP contribution in [0.5, 0.6) is 0 Å². The Bertz CT molecular complexity index is 216. The standard InChI is InChI=1S/C9H14Br2NO/c1-8(2)6(10)5(13)7(11)9(3,4)12-8/h6-7H,1-4H3. The summed E-state index contributed by atoms with van der Waals surface area (Å²) in [4.78, 5) is 11.4. The molecule has 2 nitrogen and oxygen atoms in total. The predicted octanol–water partition coefficient (Wildman–Crippen LogP) is 2.26. The van der Waals surface area contributed by atoms with Gasteiger partial charge in [0.2, 0.25) is 0 Å². The molecule has 13 heavy (non-hydrogen) atoms. The van der Waals surface area contributed by atoms with Crippen LogP contribution in [0.15, 0.2) is 0 Å². The maximum Gasteiger partial charge on any atom is 0.163 e. The Morgan fingerprint density at radius 1 is 1.08 bits per heavy atom. The van der Waals surface area contributed by atoms with Crippen LogP contribution >= 0.6 is 31.9 Å². The number of rotatable bonds is 0. The number of carbonyl (C=O) groups is 1. The van der Waals surface area contributed by atoms with Crippen LogP contribution in [0.1, 0.15) is 27.7 Å². The molecule has 1 heterocycles. The molecule has 1 fully saturated rings. The number of hydrogen-bond donors (Lipinski definition) is 0. The molecule has 0 spiro atoms. The molecule has 0 bridgehead atoms. The second-order valence-corrected chi connectivity index (χ2v) is 6.38. The van der Waals surface area contributed by atoms with E-state index in [-0.39, 0.29) is 26.5 Å². The second kappa shape index (κ2) is 3.31. The molecule has 75 valence electrons. The van der Waals surface area contributed by atoms with Crippen LogP contribution in [0.4, 0.5) is 0 Å². The van der Waals surface area contributed by atoms with Crippen molar-refractivity contribution in [1.82, 2.24) is 5.32 Å². The molecule has 1 aliphatic rings. The highest BCUT2D eigenvalue weighted by molar-refractivity contribution is 9.10. The third-order valence-electron chi connectivity index (χ3n) is 2.32. The molecule has 2 unspecified atom stereocenters. The van der Waals surface area contributed by atoms with Gasteiger partial charge < -0.3 is 0 Å². The fourth-order valence-electron chi connectivity index (χ4n) is 1.68. The molecule has 0 aromatic heterocycles. The molecule has 0 aromatic carbocycles. The Morgan fingerprint density at radius 2 is 1.38 bits per heavy atom. The minimum atomic E-state index is -0.315. The lowest BCUT2D eigenvalue weighted by molar-refractivity contribution is -0.122. The number of carbonyl (C=O) groups excluding carboxylic acids is 1. The molecule has 1 aliphatic heterocycles. The number of ketones is 1. The summed E-state index contributed by atoms with van der Waals surface area (Å²) in [5.74, 6) is 0.185. The number of hydrogen-bond acceptors (Lipinski definition) is 1. The number of halogens is 2. The van der Waals surface area contributed by atoms with Crippen LogP contribution in [-0.2, 0) is 4.79 Å². The fraction of sp³-hybridized carbons (Fsp3) is 0.889. The Morgan fingerprint density at radius 3 is 1.69 bits per heavy atom. The quantitative estimate of drug-likeness (QED) is 0.631. The molecule has 0 saturated carbocycles. The number of alkyl halides is 2. The van der Waals surface area contributed by atoms with E-state index in [9.17, 15) is 4.79 Å². The average Bonchev–Trinajstić information content (AvgIpc) is 1.96. The molecule has 1 rings (SSSR count). The van der Waals surface area contributed by atoms with Crippen molar-refractivity contribution in [2.24, 2.45) is 0 Å². The zero-order valence-corrected chi connectivity index (χ0v) is 11.4. The van der Waals surface area contributed by atoms with Crippen LogP contribution in [-0.4, -0.2) is 26.5 Å². The van der Waals surface area contributed by atoms with Gasteiger partial charge in [0, 0.05) is 0 Å². The number of piperidine rings is 1. The monoisotopic (exact) mass is 310 g/mol. The highest BCUT2D eigenvalue weighted by Crippen LogP contribution is 2.36. The van der Waals surface area contributed by atoms with Gasteiger partial charge in [0.1, 0.15) is 0 Å². The van der Waals surface area contributed by atoms with Gasteiger partial charge in [-0.1, -0.05) is 31.9 Å². The molecule has 0 aromatic rings. The molecule has 0 amide bonds. The van der Waals surface area contributed by atoms with Crippen molar-refractivity contribution < 1.29 is 4.79 Å². The lowest BCUT2D eigenvalue weighted by atomic mass is 9.82. The average molecular weight is 312 g/mol. The summed E-state index contributed by atoms with van der Waals surface area (Å²) < 4.78 is 0. The molecule has 0 N–H and O–H groups in total. The highest BCUT2D eigenvalue weighted by atomic mass is 79.9. The van der Waals surface area contributed by atoms with Crippen molar-refractivity contribution in [2.75, 3.05) is 0 Å². The van der Waals surface area contributed by atoms with Crippen molar-refractivity contribution in [3.8, 4) is 0 Å². The summed E-state index contributed by atoms with van der Waals surface area (Å²) in [5.41, 5.74) is -0.629. The Hall–Kier alpha value is 0.590. The van der Waals surface area contributed by atoms with E-state index >= 15 is 0 Å². The van der Waals surface area contributed by atoms with E-state index in [2.05, 4.69) is 37.2 Å². The van der Waals surface area contributed by atoms with E-state index in [4.69, 9.17) is 0 Å². The SMILES string of the molecule is CC1(C)[N]C(C)(C)C(Br)C(=O)C1Br. The third kappa shape index (κ3) is 2.00. The summed E-state index contributed by atoms with van der Waals surface area (Å²) in [6.07, 6.45) is 0. The van der Waals surface area contributed by atoms with E-state index in [0.29, 0.717) is 0 Å². The Labute approximate surface area is 96.1 Å². The smallest absolute Gasteiger partial charge is 0.163 e. The van der Waals surface area contributed by atoms with Crippen molar-refractivity contribution in [3.63, 3.8) is 0 Å². The van der Waals surface area contributed by atoms with Crippen molar-refractivity contribution in [1.29, 1.82) is 0 Å². The lowest BCUT2D eigenvalue weighted by Gasteiger charge is -2.45. The van der Waals surface area contributed by atoms with Crippen LogP contribution in [0.3, 0.4) is 0 Å². The first-order valence-electron chi connectivity index (χ1n) is 4.24. The molecular weight excluding hydrogens is 298 g/mol. The van der Waals surface area contributed by atoms with Gasteiger partial charge in [0.25, 0.3) is 0 Å². The van der Waals surface area contributed by atoms with Gasteiger partial charge in [0.05, 0.1) is 20.7 Å². The van der Waals surface area contributed by atoms with Gasteiger partial charge in [-0.15, -0.1) is 0 Å². The van der Waals surface area contributed by atoms with Crippen LogP contribution < -0.4 is 5.32 Å². The van der Waals surface area contributed by atoms with Gasteiger partial charge in [0.15, 0.2) is 5.78 Å². The Kier molecular flexibility index (Phi) is 2.97. The fourth-order valence-corrected chi connectivity index (χ4v) is 2.77. The van der Waals surface area contributed by atoms with Crippen molar-refractivity contribution in [2.45, 2.75) is 48.4 Å². The molecule has 1 saturated heterocycles. The number of nitrogens with zero attached hydrogens (tertiary/aromatic N) is 1. The van der Waals surface area contributed by atoms with E-state index in [1.165, 1.54) is 0 Å². The normalized spacial score (nSPS) is 37.5. The highest BCUT2D eigenvalue weighted by Gasteiger charge is 2.50. The minimum Gasteiger partial charge on any atom is -0.297 e. The lowest BCUT2D eigenvalue weighted by Crippen LogP contribution is -2.65. The van der Waals surface area contributed by atoms with Crippen molar-refractivity contribution >= 4 is 37.6 Å². The zero-order valence-electron chi connectivity index (χ0n) is 8.27. The summed E-state index contributed by atoms with van der Waals surface area (Å²) in [6.45, 7) is 7.91. The van der Waals surface area contributed by atoms with Gasteiger partial charge in [-0.05, 0) is 27.7 Å². The predicted molar refractivity (Wildman–Crippen MR) is 60.7 cm³/mol. The molecule has 1 radical (unpaired) electrons. The summed E-state index contributed by atoms with van der Waals surface area (Å²) in [7, 11) is 0. The molecule has 4 heteroatoms.